The molecule has 0 aliphatic heterocycles. The van der Waals surface area contributed by atoms with Crippen molar-refractivity contribution in [2.24, 2.45) is 0 Å². The molecule has 0 aliphatic carbocycles. The Balaban J connectivity index is 0.00000144. The summed E-state index contributed by atoms with van der Waals surface area (Å²) in [4.78, 5) is 0.0972. The number of hydrogen-bond donors (Lipinski definition) is 0. The number of benzene rings is 1. The van der Waals surface area contributed by atoms with E-state index in [0.717, 1.165) is 0 Å². The molecule has 0 saturated heterocycles. The normalized spacial score (nSPS) is 11.2. The topological polar surface area (TPSA) is 63.9 Å². The molecule has 0 fully saturated rings. The first kappa shape index (κ1) is 12.8. The number of nitriles is 1. The molecule has 1 atom stereocenters. The molecule has 0 heterocycles. The molecule has 1 aromatic rings. The van der Waals surface area contributed by atoms with Crippen LogP contribution >= 0.6 is 0 Å². The van der Waals surface area contributed by atoms with Gasteiger partial charge in [0.05, 0.1) is 5.56 Å². The number of hydrogen-bond acceptors (Lipinski definition) is 3. The Labute approximate surface area is 101 Å². The SMILES string of the molecule is Cc1cccc(C#N)c1S(=O)[O-].[Na+]. The summed E-state index contributed by atoms with van der Waals surface area (Å²) in [6.07, 6.45) is 0. The van der Waals surface area contributed by atoms with E-state index in [4.69, 9.17) is 5.26 Å². The average Bonchev–Trinajstić information content (AvgIpc) is 2.03. The summed E-state index contributed by atoms with van der Waals surface area (Å²) in [5.74, 6) is 0. The number of rotatable bonds is 1. The van der Waals surface area contributed by atoms with Gasteiger partial charge in [-0.2, -0.15) is 5.26 Å². The molecule has 0 aliphatic rings. The molecule has 0 amide bonds. The molecule has 0 spiro atoms. The predicted octanol–water partition coefficient (Wildman–Crippen LogP) is -1.89. The zero-order valence-electron chi connectivity index (χ0n) is 7.40. The fourth-order valence-electron chi connectivity index (χ4n) is 0.962. The minimum Gasteiger partial charge on any atom is -0.768 e. The van der Waals surface area contributed by atoms with E-state index in [-0.39, 0.29) is 40.0 Å². The van der Waals surface area contributed by atoms with Crippen LogP contribution in [-0.4, -0.2) is 8.76 Å². The molecule has 1 rings (SSSR count). The monoisotopic (exact) mass is 203 g/mol. The Kier molecular flexibility index (Phi) is 5.45. The maximum Gasteiger partial charge on any atom is 1.00 e. The van der Waals surface area contributed by atoms with Crippen LogP contribution in [0.25, 0.3) is 0 Å². The molecule has 0 aromatic heterocycles. The first-order valence-corrected chi connectivity index (χ1v) is 4.33. The van der Waals surface area contributed by atoms with Crippen molar-refractivity contribution in [1.29, 1.82) is 5.26 Å². The summed E-state index contributed by atoms with van der Waals surface area (Å²) in [5, 5.41) is 8.57. The predicted molar refractivity (Wildman–Crippen MR) is 43.1 cm³/mol. The first-order valence-electron chi connectivity index (χ1n) is 3.26. The van der Waals surface area contributed by atoms with E-state index in [1.165, 1.54) is 6.07 Å². The Morgan fingerprint density at radius 3 is 2.54 bits per heavy atom. The van der Waals surface area contributed by atoms with E-state index in [0.29, 0.717) is 5.56 Å². The van der Waals surface area contributed by atoms with Crippen LogP contribution in [-0.2, 0) is 11.1 Å². The molecule has 0 saturated carbocycles. The zero-order chi connectivity index (χ0) is 9.14. The van der Waals surface area contributed by atoms with Crippen LogP contribution < -0.4 is 29.6 Å². The summed E-state index contributed by atoms with van der Waals surface area (Å²) in [7, 11) is 0. The maximum atomic E-state index is 10.7. The van der Waals surface area contributed by atoms with Crippen molar-refractivity contribution in [3.05, 3.63) is 29.3 Å². The Morgan fingerprint density at radius 2 is 2.15 bits per heavy atom. The summed E-state index contributed by atoms with van der Waals surface area (Å²) in [6.45, 7) is 1.66. The van der Waals surface area contributed by atoms with Crippen LogP contribution in [0, 0.1) is 18.3 Å². The molecular weight excluding hydrogens is 197 g/mol. The molecule has 0 bridgehead atoms. The van der Waals surface area contributed by atoms with Crippen LogP contribution in [0.4, 0.5) is 0 Å². The van der Waals surface area contributed by atoms with E-state index in [1.54, 1.807) is 19.1 Å². The second kappa shape index (κ2) is 5.53. The third-order valence-electron chi connectivity index (χ3n) is 1.50. The average molecular weight is 203 g/mol. The van der Waals surface area contributed by atoms with Crippen LogP contribution in [0.1, 0.15) is 11.1 Å². The molecular formula is C8H6NNaO2S. The summed E-state index contributed by atoms with van der Waals surface area (Å²) >= 11 is -2.32. The van der Waals surface area contributed by atoms with Gasteiger partial charge in [0.15, 0.2) is 0 Å². The van der Waals surface area contributed by atoms with Gasteiger partial charge >= 0.3 is 29.6 Å². The van der Waals surface area contributed by atoms with E-state index >= 15 is 0 Å². The smallest absolute Gasteiger partial charge is 0.768 e. The van der Waals surface area contributed by atoms with Crippen molar-refractivity contribution in [3.8, 4) is 6.07 Å². The third-order valence-corrected chi connectivity index (χ3v) is 2.37. The Morgan fingerprint density at radius 1 is 1.54 bits per heavy atom. The molecule has 1 unspecified atom stereocenters. The van der Waals surface area contributed by atoms with Gasteiger partial charge in [-0.3, -0.25) is 4.21 Å². The standard InChI is InChI=1S/C8H7NO2S.Na/c1-6-3-2-4-7(5-9)8(6)12(10)11;/h2-4H,1H3,(H,10,11);/q;+1/p-1. The first-order chi connectivity index (χ1) is 5.66. The van der Waals surface area contributed by atoms with Crippen molar-refractivity contribution in [2.45, 2.75) is 11.8 Å². The fraction of sp³-hybridized carbons (Fsp3) is 0.125. The van der Waals surface area contributed by atoms with Crippen LogP contribution in [0.3, 0.4) is 0 Å². The van der Waals surface area contributed by atoms with Gasteiger partial charge in [0.25, 0.3) is 0 Å². The van der Waals surface area contributed by atoms with Crippen molar-refractivity contribution in [3.63, 3.8) is 0 Å². The maximum absolute atomic E-state index is 10.7. The third kappa shape index (κ3) is 2.90. The van der Waals surface area contributed by atoms with Crippen molar-refractivity contribution >= 4 is 11.1 Å². The number of nitrogens with zero attached hydrogens (tertiary/aromatic N) is 1. The van der Waals surface area contributed by atoms with E-state index in [2.05, 4.69) is 0 Å². The molecule has 13 heavy (non-hydrogen) atoms. The van der Waals surface area contributed by atoms with Crippen molar-refractivity contribution in [2.75, 3.05) is 0 Å². The minimum atomic E-state index is -2.32. The molecule has 5 heteroatoms. The summed E-state index contributed by atoms with van der Waals surface area (Å²) in [6, 6.07) is 6.62. The van der Waals surface area contributed by atoms with E-state index < -0.39 is 11.1 Å². The van der Waals surface area contributed by atoms with Gasteiger partial charge in [-0.15, -0.1) is 0 Å². The molecule has 3 nitrogen and oxygen atoms in total. The van der Waals surface area contributed by atoms with Gasteiger partial charge in [0, 0.05) is 4.90 Å². The van der Waals surface area contributed by atoms with Gasteiger partial charge in [0.2, 0.25) is 0 Å². The summed E-state index contributed by atoms with van der Waals surface area (Å²) in [5.41, 5.74) is 0.797. The van der Waals surface area contributed by atoms with Crippen molar-refractivity contribution in [1.82, 2.24) is 0 Å². The van der Waals surface area contributed by atoms with Crippen molar-refractivity contribution < 1.29 is 38.3 Å². The summed E-state index contributed by atoms with van der Waals surface area (Å²) < 4.78 is 21.3. The zero-order valence-corrected chi connectivity index (χ0v) is 10.2. The van der Waals surface area contributed by atoms with E-state index in [1.807, 2.05) is 6.07 Å². The van der Waals surface area contributed by atoms with Gasteiger partial charge < -0.3 is 4.55 Å². The van der Waals surface area contributed by atoms with Gasteiger partial charge in [-0.25, -0.2) is 0 Å². The van der Waals surface area contributed by atoms with Crippen LogP contribution in [0.15, 0.2) is 23.1 Å². The van der Waals surface area contributed by atoms with Crippen LogP contribution in [0.2, 0.25) is 0 Å². The number of aryl methyl sites for hydroxylation is 1. The molecule has 1 aromatic carbocycles. The van der Waals surface area contributed by atoms with Crippen LogP contribution in [0.5, 0.6) is 0 Å². The van der Waals surface area contributed by atoms with Gasteiger partial charge in [-0.05, 0) is 29.6 Å². The Hall–Kier alpha value is -0.180. The quantitative estimate of drug-likeness (QED) is 0.396. The minimum absolute atomic E-state index is 0. The second-order valence-electron chi connectivity index (χ2n) is 2.30. The fourth-order valence-corrected chi connectivity index (χ4v) is 1.59. The molecule has 62 valence electrons. The molecule has 0 N–H and O–H groups in total. The second-order valence-corrected chi connectivity index (χ2v) is 3.18. The van der Waals surface area contributed by atoms with E-state index in [9.17, 15) is 8.76 Å². The largest absolute Gasteiger partial charge is 1.00 e. The Bertz CT molecular complexity index is 373. The van der Waals surface area contributed by atoms with Gasteiger partial charge in [0.1, 0.15) is 6.07 Å². The molecule has 0 radical (unpaired) electrons. The van der Waals surface area contributed by atoms with Gasteiger partial charge in [-0.1, -0.05) is 12.1 Å².